The summed E-state index contributed by atoms with van der Waals surface area (Å²) in [4.78, 5) is 11.5. The molecule has 1 heterocycles. The van der Waals surface area contributed by atoms with Crippen LogP contribution in [0.25, 0.3) is 0 Å². The van der Waals surface area contributed by atoms with Gasteiger partial charge in [0.2, 0.25) is 0 Å². The molecule has 106 valence electrons. The molecule has 0 saturated carbocycles. The normalized spacial score (nSPS) is 26.9. The minimum atomic E-state index is -1.16. The average Bonchev–Trinajstić information content (AvgIpc) is 2.45. The highest BCUT2D eigenvalue weighted by molar-refractivity contribution is 5.71. The van der Waals surface area contributed by atoms with Gasteiger partial charge in [-0.1, -0.05) is 18.2 Å². The smallest absolute Gasteiger partial charge is 0.332 e. The summed E-state index contributed by atoms with van der Waals surface area (Å²) >= 11 is 0. The Bertz CT molecular complexity index is 364. The molecule has 0 bridgehead atoms. The second kappa shape index (κ2) is 7.40. The van der Waals surface area contributed by atoms with Gasteiger partial charge in [-0.25, -0.2) is 9.18 Å². The number of esters is 1. The van der Waals surface area contributed by atoms with Crippen molar-refractivity contribution in [1.29, 1.82) is 0 Å². The van der Waals surface area contributed by atoms with E-state index in [1.54, 1.807) is 0 Å². The van der Waals surface area contributed by atoms with Crippen LogP contribution in [-0.4, -0.2) is 44.7 Å². The molecular formula is C14H19FO4. The summed E-state index contributed by atoms with van der Waals surface area (Å²) in [6.45, 7) is 0.558. The third-order valence-corrected chi connectivity index (χ3v) is 3.11. The lowest BCUT2D eigenvalue weighted by molar-refractivity contribution is -0.155. The third-order valence-electron chi connectivity index (χ3n) is 3.11. The highest BCUT2D eigenvalue weighted by Gasteiger charge is 2.26. The zero-order chi connectivity index (χ0) is 13.5. The molecule has 1 saturated heterocycles. The van der Waals surface area contributed by atoms with Crippen molar-refractivity contribution in [1.82, 2.24) is 0 Å². The fraction of sp³-hybridized carbons (Fsp3) is 0.643. The number of ether oxygens (including phenoxy) is 3. The molecule has 5 heteroatoms. The van der Waals surface area contributed by atoms with Crippen molar-refractivity contribution in [2.24, 2.45) is 0 Å². The highest BCUT2D eigenvalue weighted by atomic mass is 19.1. The molecule has 0 amide bonds. The largest absolute Gasteiger partial charge is 0.459 e. The van der Waals surface area contributed by atoms with Gasteiger partial charge in [-0.2, -0.15) is 0 Å². The van der Waals surface area contributed by atoms with Gasteiger partial charge in [0.15, 0.2) is 0 Å². The summed E-state index contributed by atoms with van der Waals surface area (Å²) in [5.41, 5.74) is 0.994. The zero-order valence-electron chi connectivity index (χ0n) is 10.8. The van der Waals surface area contributed by atoms with Crippen molar-refractivity contribution in [3.63, 3.8) is 0 Å². The average molecular weight is 270 g/mol. The first-order chi connectivity index (χ1) is 9.25. The van der Waals surface area contributed by atoms with E-state index in [4.69, 9.17) is 14.2 Å². The van der Waals surface area contributed by atoms with Crippen LogP contribution in [0.3, 0.4) is 0 Å². The van der Waals surface area contributed by atoms with E-state index in [0.717, 1.165) is 18.4 Å². The maximum atomic E-state index is 13.4. The van der Waals surface area contributed by atoms with E-state index in [1.807, 2.05) is 12.2 Å². The Morgan fingerprint density at radius 3 is 3.11 bits per heavy atom. The molecule has 1 fully saturated rings. The lowest BCUT2D eigenvalue weighted by atomic mass is 10.1. The van der Waals surface area contributed by atoms with Gasteiger partial charge < -0.3 is 14.2 Å². The maximum Gasteiger partial charge on any atom is 0.332 e. The van der Waals surface area contributed by atoms with Gasteiger partial charge in [-0.15, -0.1) is 0 Å². The first-order valence-corrected chi connectivity index (χ1v) is 6.60. The predicted molar refractivity (Wildman–Crippen MR) is 67.5 cm³/mol. The summed E-state index contributed by atoms with van der Waals surface area (Å²) in [5.74, 6) is -0.460. The molecule has 0 spiro atoms. The van der Waals surface area contributed by atoms with Crippen LogP contribution in [0.4, 0.5) is 4.39 Å². The van der Waals surface area contributed by atoms with E-state index in [0.29, 0.717) is 13.0 Å². The summed E-state index contributed by atoms with van der Waals surface area (Å²) in [6, 6.07) is 0. The van der Waals surface area contributed by atoms with Crippen LogP contribution in [-0.2, 0) is 19.0 Å². The fourth-order valence-electron chi connectivity index (χ4n) is 2.03. The summed E-state index contributed by atoms with van der Waals surface area (Å²) < 4.78 is 28.6. The topological polar surface area (TPSA) is 44.8 Å². The van der Waals surface area contributed by atoms with Crippen LogP contribution >= 0.6 is 0 Å². The molecule has 1 aliphatic carbocycles. The predicted octanol–water partition coefficient (Wildman–Crippen LogP) is 1.95. The second-order valence-corrected chi connectivity index (χ2v) is 4.65. The third kappa shape index (κ3) is 4.76. The van der Waals surface area contributed by atoms with Crippen LogP contribution in [0.1, 0.15) is 19.3 Å². The summed E-state index contributed by atoms with van der Waals surface area (Å²) in [5, 5.41) is 0. The first-order valence-electron chi connectivity index (χ1n) is 6.60. The highest BCUT2D eigenvalue weighted by Crippen LogP contribution is 2.15. The maximum absolute atomic E-state index is 13.4. The lowest BCUT2D eigenvalue weighted by Gasteiger charge is -2.25. The Kier molecular flexibility index (Phi) is 5.54. The monoisotopic (exact) mass is 270 g/mol. The minimum absolute atomic E-state index is 0.0391. The van der Waals surface area contributed by atoms with Gasteiger partial charge in [0.25, 0.3) is 0 Å². The number of rotatable bonds is 5. The molecule has 19 heavy (non-hydrogen) atoms. The number of alkyl halides is 1. The van der Waals surface area contributed by atoms with Crippen LogP contribution in [0, 0.1) is 0 Å². The number of hydrogen-bond donors (Lipinski definition) is 0. The van der Waals surface area contributed by atoms with Crippen LogP contribution in [0.5, 0.6) is 0 Å². The van der Waals surface area contributed by atoms with Gasteiger partial charge in [-0.05, 0) is 24.8 Å². The SMILES string of the molecule is O=C(COC1CCOCC1F)OCC1=CCCC=C1. The van der Waals surface area contributed by atoms with Crippen LogP contribution < -0.4 is 0 Å². The van der Waals surface area contributed by atoms with Crippen LogP contribution in [0.2, 0.25) is 0 Å². The molecule has 0 aromatic heterocycles. The van der Waals surface area contributed by atoms with E-state index in [2.05, 4.69) is 6.08 Å². The molecular weight excluding hydrogens is 251 g/mol. The molecule has 2 atom stereocenters. The van der Waals surface area contributed by atoms with E-state index < -0.39 is 18.2 Å². The van der Waals surface area contributed by atoms with Crippen molar-refractivity contribution in [2.75, 3.05) is 26.4 Å². The second-order valence-electron chi connectivity index (χ2n) is 4.65. The molecule has 1 aliphatic heterocycles. The standard InChI is InChI=1S/C14H19FO4/c15-12-9-17-7-6-13(12)18-10-14(16)19-8-11-4-2-1-3-5-11/h2,4-5,12-13H,1,3,6-10H2. The van der Waals surface area contributed by atoms with E-state index >= 15 is 0 Å². The molecule has 0 aromatic rings. The van der Waals surface area contributed by atoms with Crippen molar-refractivity contribution < 1.29 is 23.4 Å². The Morgan fingerprint density at radius 2 is 2.37 bits per heavy atom. The summed E-state index contributed by atoms with van der Waals surface area (Å²) in [6.07, 6.45) is 6.81. The minimum Gasteiger partial charge on any atom is -0.459 e. The van der Waals surface area contributed by atoms with Gasteiger partial charge in [-0.3, -0.25) is 0 Å². The molecule has 2 aliphatic rings. The number of allylic oxidation sites excluding steroid dienone is 2. The summed E-state index contributed by atoms with van der Waals surface area (Å²) in [7, 11) is 0. The Morgan fingerprint density at radius 1 is 1.47 bits per heavy atom. The number of halogens is 1. The van der Waals surface area contributed by atoms with Crippen molar-refractivity contribution >= 4 is 5.97 Å². The molecule has 2 rings (SSSR count). The van der Waals surface area contributed by atoms with Gasteiger partial charge in [0.1, 0.15) is 19.4 Å². The van der Waals surface area contributed by atoms with Crippen molar-refractivity contribution in [2.45, 2.75) is 31.5 Å². The number of hydrogen-bond acceptors (Lipinski definition) is 4. The Labute approximate surface area is 112 Å². The van der Waals surface area contributed by atoms with E-state index in [9.17, 15) is 9.18 Å². The van der Waals surface area contributed by atoms with Crippen molar-refractivity contribution in [3.8, 4) is 0 Å². The van der Waals surface area contributed by atoms with Gasteiger partial charge >= 0.3 is 5.97 Å². The Balaban J connectivity index is 1.64. The number of carbonyl (C=O) groups is 1. The van der Waals surface area contributed by atoms with Crippen LogP contribution in [0.15, 0.2) is 23.8 Å². The van der Waals surface area contributed by atoms with Crippen molar-refractivity contribution in [3.05, 3.63) is 23.8 Å². The van der Waals surface area contributed by atoms with E-state index in [1.165, 1.54) is 0 Å². The van der Waals surface area contributed by atoms with E-state index in [-0.39, 0.29) is 19.8 Å². The fourth-order valence-corrected chi connectivity index (χ4v) is 2.03. The van der Waals surface area contributed by atoms with Gasteiger partial charge in [0.05, 0.1) is 12.7 Å². The lowest BCUT2D eigenvalue weighted by Crippen LogP contribution is -2.37. The van der Waals surface area contributed by atoms with Gasteiger partial charge in [0, 0.05) is 6.61 Å². The number of carbonyl (C=O) groups excluding carboxylic acids is 1. The molecule has 2 unspecified atom stereocenters. The first kappa shape index (κ1) is 14.2. The molecule has 0 N–H and O–H groups in total. The Hall–Kier alpha value is -1.20. The zero-order valence-corrected chi connectivity index (χ0v) is 10.8. The molecule has 0 radical (unpaired) electrons. The molecule has 0 aromatic carbocycles. The molecule has 4 nitrogen and oxygen atoms in total. The quantitative estimate of drug-likeness (QED) is 0.716.